The number of allylic oxidation sites excluding steroid dienone is 4. The Labute approximate surface area is 116 Å². The maximum Gasteiger partial charge on any atom is 0.166 e. The van der Waals surface area contributed by atoms with Gasteiger partial charge in [-0.3, -0.25) is 0 Å². The summed E-state index contributed by atoms with van der Waals surface area (Å²) in [6, 6.07) is 4.70. The van der Waals surface area contributed by atoms with Gasteiger partial charge in [-0.1, -0.05) is 34.2 Å². The summed E-state index contributed by atoms with van der Waals surface area (Å²) in [5.41, 5.74) is 1.79. The standard InChI is InChI=1S/C15H16BrFO/c1-5-6-14(11(4)10(2)3)18-15-8-7-12(16)9-13(15)17/h5-9H,2H2,1,3-4H3/b6-5-,14-11+. The lowest BCUT2D eigenvalue weighted by molar-refractivity contribution is 0.407. The van der Waals surface area contributed by atoms with Gasteiger partial charge in [0.1, 0.15) is 5.76 Å². The first-order chi connectivity index (χ1) is 8.45. The minimum atomic E-state index is -0.402. The summed E-state index contributed by atoms with van der Waals surface area (Å²) >= 11 is 3.21. The van der Waals surface area contributed by atoms with Gasteiger partial charge in [0.25, 0.3) is 0 Å². The van der Waals surface area contributed by atoms with E-state index in [1.165, 1.54) is 6.07 Å². The van der Waals surface area contributed by atoms with Gasteiger partial charge >= 0.3 is 0 Å². The molecule has 96 valence electrons. The monoisotopic (exact) mass is 310 g/mol. The van der Waals surface area contributed by atoms with Crippen LogP contribution in [0.1, 0.15) is 20.8 Å². The molecule has 0 unspecified atom stereocenters. The molecule has 3 heteroatoms. The van der Waals surface area contributed by atoms with Crippen molar-refractivity contribution in [3.63, 3.8) is 0 Å². The fraction of sp³-hybridized carbons (Fsp3) is 0.200. The zero-order valence-corrected chi connectivity index (χ0v) is 12.3. The largest absolute Gasteiger partial charge is 0.454 e. The highest BCUT2D eigenvalue weighted by Crippen LogP contribution is 2.25. The van der Waals surface area contributed by atoms with E-state index in [9.17, 15) is 4.39 Å². The average Bonchev–Trinajstić information content (AvgIpc) is 2.30. The Morgan fingerprint density at radius 1 is 1.39 bits per heavy atom. The second-order valence-corrected chi connectivity index (χ2v) is 4.86. The van der Waals surface area contributed by atoms with Crippen molar-refractivity contribution < 1.29 is 9.13 Å². The SMILES string of the molecule is C=C(C)/C(C)=C(\C=C/C)Oc1ccc(Br)cc1F. The molecule has 0 aliphatic heterocycles. The molecular formula is C15H16BrFO. The molecule has 0 aromatic heterocycles. The Kier molecular flexibility index (Phi) is 5.35. The van der Waals surface area contributed by atoms with Crippen LogP contribution in [0.4, 0.5) is 4.39 Å². The van der Waals surface area contributed by atoms with Crippen molar-refractivity contribution >= 4 is 15.9 Å². The van der Waals surface area contributed by atoms with E-state index < -0.39 is 5.82 Å². The Morgan fingerprint density at radius 2 is 2.06 bits per heavy atom. The third-order valence-corrected chi connectivity index (χ3v) is 2.93. The molecule has 0 aliphatic carbocycles. The topological polar surface area (TPSA) is 9.23 Å². The van der Waals surface area contributed by atoms with Crippen LogP contribution in [0.25, 0.3) is 0 Å². The van der Waals surface area contributed by atoms with Crippen LogP contribution in [-0.2, 0) is 0 Å². The molecule has 1 aromatic carbocycles. The number of rotatable bonds is 4. The fourth-order valence-electron chi connectivity index (χ4n) is 1.27. The smallest absolute Gasteiger partial charge is 0.166 e. The van der Waals surface area contributed by atoms with Gasteiger partial charge < -0.3 is 4.74 Å². The van der Waals surface area contributed by atoms with E-state index in [4.69, 9.17) is 4.74 Å². The predicted octanol–water partition coefficient (Wildman–Crippen LogP) is 5.39. The molecule has 0 saturated carbocycles. The molecule has 0 N–H and O–H groups in total. The average molecular weight is 311 g/mol. The number of halogens is 2. The molecular weight excluding hydrogens is 295 g/mol. The molecule has 1 rings (SSSR count). The third kappa shape index (κ3) is 3.84. The molecule has 18 heavy (non-hydrogen) atoms. The zero-order valence-electron chi connectivity index (χ0n) is 10.8. The van der Waals surface area contributed by atoms with Gasteiger partial charge in [-0.2, -0.15) is 0 Å². The lowest BCUT2D eigenvalue weighted by Crippen LogP contribution is -1.99. The number of ether oxygens (including phenoxy) is 1. The van der Waals surface area contributed by atoms with E-state index >= 15 is 0 Å². The van der Waals surface area contributed by atoms with Gasteiger partial charge in [0.15, 0.2) is 11.6 Å². The minimum absolute atomic E-state index is 0.201. The fourth-order valence-corrected chi connectivity index (χ4v) is 1.61. The Morgan fingerprint density at radius 3 is 2.56 bits per heavy atom. The van der Waals surface area contributed by atoms with Gasteiger partial charge in [-0.25, -0.2) is 4.39 Å². The van der Waals surface area contributed by atoms with Crippen molar-refractivity contribution in [3.8, 4) is 5.75 Å². The van der Waals surface area contributed by atoms with E-state index in [0.717, 1.165) is 11.1 Å². The molecule has 0 amide bonds. The number of hydrogen-bond donors (Lipinski definition) is 0. The summed E-state index contributed by atoms with van der Waals surface area (Å²) < 4.78 is 20.0. The molecule has 0 aliphatic rings. The second kappa shape index (κ2) is 6.55. The third-order valence-electron chi connectivity index (χ3n) is 2.44. The van der Waals surface area contributed by atoms with Crippen molar-refractivity contribution in [2.75, 3.05) is 0 Å². The Balaban J connectivity index is 3.12. The van der Waals surface area contributed by atoms with Crippen molar-refractivity contribution in [2.24, 2.45) is 0 Å². The lowest BCUT2D eigenvalue weighted by atomic mass is 10.1. The van der Waals surface area contributed by atoms with Crippen LogP contribution in [0, 0.1) is 5.82 Å². The van der Waals surface area contributed by atoms with Crippen LogP contribution < -0.4 is 4.74 Å². The van der Waals surface area contributed by atoms with Crippen molar-refractivity contribution in [3.05, 3.63) is 64.1 Å². The zero-order chi connectivity index (χ0) is 13.7. The summed E-state index contributed by atoms with van der Waals surface area (Å²) in [6.07, 6.45) is 3.64. The Hall–Kier alpha value is -1.35. The number of hydrogen-bond acceptors (Lipinski definition) is 1. The van der Waals surface area contributed by atoms with E-state index in [0.29, 0.717) is 10.2 Å². The molecule has 0 bridgehead atoms. The summed E-state index contributed by atoms with van der Waals surface area (Å²) in [4.78, 5) is 0. The van der Waals surface area contributed by atoms with Crippen molar-refractivity contribution in [1.29, 1.82) is 0 Å². The van der Waals surface area contributed by atoms with Gasteiger partial charge in [0.05, 0.1) is 0 Å². The molecule has 1 nitrogen and oxygen atoms in total. The molecule has 0 saturated heterocycles. The van der Waals surface area contributed by atoms with Crippen LogP contribution >= 0.6 is 15.9 Å². The summed E-state index contributed by atoms with van der Waals surface area (Å²) in [6.45, 7) is 9.53. The number of benzene rings is 1. The predicted molar refractivity (Wildman–Crippen MR) is 77.1 cm³/mol. The highest BCUT2D eigenvalue weighted by molar-refractivity contribution is 9.10. The van der Waals surface area contributed by atoms with Gasteiger partial charge in [-0.05, 0) is 50.6 Å². The molecule has 0 spiro atoms. The van der Waals surface area contributed by atoms with Crippen molar-refractivity contribution in [1.82, 2.24) is 0 Å². The summed E-state index contributed by atoms with van der Waals surface area (Å²) in [7, 11) is 0. The normalized spacial score (nSPS) is 12.5. The van der Waals surface area contributed by atoms with Crippen LogP contribution in [0.5, 0.6) is 5.75 Å². The van der Waals surface area contributed by atoms with Crippen LogP contribution in [0.2, 0.25) is 0 Å². The molecule has 1 aromatic rings. The molecule has 0 heterocycles. The van der Waals surface area contributed by atoms with E-state index in [2.05, 4.69) is 22.5 Å². The van der Waals surface area contributed by atoms with Crippen LogP contribution in [0.3, 0.4) is 0 Å². The lowest BCUT2D eigenvalue weighted by Gasteiger charge is -2.11. The first-order valence-electron chi connectivity index (χ1n) is 5.58. The molecule has 0 fully saturated rings. The molecule has 0 atom stereocenters. The van der Waals surface area contributed by atoms with Gasteiger partial charge in [0, 0.05) is 4.47 Å². The maximum absolute atomic E-state index is 13.7. The van der Waals surface area contributed by atoms with E-state index in [1.54, 1.807) is 18.2 Å². The maximum atomic E-state index is 13.7. The van der Waals surface area contributed by atoms with Crippen LogP contribution in [-0.4, -0.2) is 0 Å². The van der Waals surface area contributed by atoms with E-state index in [-0.39, 0.29) is 5.75 Å². The van der Waals surface area contributed by atoms with Gasteiger partial charge in [-0.15, -0.1) is 0 Å². The highest BCUT2D eigenvalue weighted by atomic mass is 79.9. The second-order valence-electron chi connectivity index (χ2n) is 3.95. The van der Waals surface area contributed by atoms with E-state index in [1.807, 2.05) is 26.8 Å². The Bertz CT molecular complexity index is 515. The first kappa shape index (κ1) is 14.7. The van der Waals surface area contributed by atoms with Crippen molar-refractivity contribution in [2.45, 2.75) is 20.8 Å². The summed E-state index contributed by atoms with van der Waals surface area (Å²) in [5, 5.41) is 0. The van der Waals surface area contributed by atoms with Gasteiger partial charge in [0.2, 0.25) is 0 Å². The first-order valence-corrected chi connectivity index (χ1v) is 6.37. The van der Waals surface area contributed by atoms with Crippen LogP contribution in [0.15, 0.2) is 58.3 Å². The minimum Gasteiger partial charge on any atom is -0.454 e. The quantitative estimate of drug-likeness (QED) is 0.535. The highest BCUT2D eigenvalue weighted by Gasteiger charge is 2.08. The molecule has 0 radical (unpaired) electrons. The summed E-state index contributed by atoms with van der Waals surface area (Å²) in [5.74, 6) is 0.402.